The maximum atomic E-state index is 11.7. The van der Waals surface area contributed by atoms with Crippen LogP contribution < -0.4 is 11.1 Å². The Labute approximate surface area is 114 Å². The van der Waals surface area contributed by atoms with Gasteiger partial charge in [-0.1, -0.05) is 23.2 Å². The molecular weight excluding hydrogens is 279 g/mol. The van der Waals surface area contributed by atoms with Crippen LogP contribution in [-0.2, 0) is 14.3 Å². The summed E-state index contributed by atoms with van der Waals surface area (Å²) in [6, 6.07) is 3.15. The zero-order valence-electron chi connectivity index (χ0n) is 9.57. The number of rotatable bonds is 4. The van der Waals surface area contributed by atoms with E-state index >= 15 is 0 Å². The summed E-state index contributed by atoms with van der Waals surface area (Å²) in [5.41, 5.74) is 5.71. The van der Waals surface area contributed by atoms with E-state index in [4.69, 9.17) is 28.9 Å². The van der Waals surface area contributed by atoms with Crippen LogP contribution in [0.3, 0.4) is 0 Å². The van der Waals surface area contributed by atoms with Crippen molar-refractivity contribution in [3.05, 3.63) is 28.2 Å². The number of halogens is 2. The highest BCUT2D eigenvalue weighted by molar-refractivity contribution is 6.35. The third-order valence-electron chi connectivity index (χ3n) is 2.01. The Bertz CT molecular complexity index is 466. The van der Waals surface area contributed by atoms with Gasteiger partial charge in [-0.15, -0.1) is 0 Å². The second-order valence-corrected chi connectivity index (χ2v) is 4.19. The molecule has 7 heteroatoms. The maximum Gasteiger partial charge on any atom is 0.332 e. The van der Waals surface area contributed by atoms with Gasteiger partial charge in [-0.2, -0.15) is 0 Å². The van der Waals surface area contributed by atoms with Gasteiger partial charge in [-0.25, -0.2) is 4.79 Å². The minimum absolute atomic E-state index is 0.151. The molecule has 1 aromatic carbocycles. The first kappa shape index (κ1) is 14.8. The standard InChI is InChI=1S/C11H12Cl2N2O3/c1-2-18-11(17)9(14)10(16)15-8-5-6(12)3-4-7(8)13/h3-5,9H,2,14H2,1H3,(H,15,16). The van der Waals surface area contributed by atoms with Gasteiger partial charge in [-0.05, 0) is 25.1 Å². The summed E-state index contributed by atoms with van der Waals surface area (Å²) < 4.78 is 4.63. The molecule has 18 heavy (non-hydrogen) atoms. The molecule has 0 fully saturated rings. The summed E-state index contributed by atoms with van der Waals surface area (Å²) in [5.74, 6) is -1.51. The molecule has 1 rings (SSSR count). The average molecular weight is 291 g/mol. The van der Waals surface area contributed by atoms with E-state index in [2.05, 4.69) is 10.1 Å². The van der Waals surface area contributed by atoms with E-state index in [-0.39, 0.29) is 12.3 Å². The Morgan fingerprint density at radius 1 is 1.44 bits per heavy atom. The molecule has 5 nitrogen and oxygen atoms in total. The first-order chi connectivity index (χ1) is 8.45. The predicted octanol–water partition coefficient (Wildman–Crippen LogP) is 1.82. The lowest BCUT2D eigenvalue weighted by molar-refractivity contribution is -0.146. The lowest BCUT2D eigenvalue weighted by Gasteiger charge is -2.12. The number of hydrogen-bond donors (Lipinski definition) is 2. The van der Waals surface area contributed by atoms with Gasteiger partial charge in [0.2, 0.25) is 0 Å². The molecule has 1 unspecified atom stereocenters. The molecule has 0 heterocycles. The van der Waals surface area contributed by atoms with E-state index in [1.54, 1.807) is 13.0 Å². The van der Waals surface area contributed by atoms with Crippen molar-refractivity contribution in [2.45, 2.75) is 13.0 Å². The van der Waals surface area contributed by atoms with Crippen LogP contribution >= 0.6 is 23.2 Å². The molecular formula is C11H12Cl2N2O3. The van der Waals surface area contributed by atoms with E-state index < -0.39 is 17.9 Å². The number of esters is 1. The fraction of sp³-hybridized carbons (Fsp3) is 0.273. The van der Waals surface area contributed by atoms with Gasteiger partial charge in [0, 0.05) is 5.02 Å². The Morgan fingerprint density at radius 3 is 2.72 bits per heavy atom. The molecule has 0 saturated carbocycles. The molecule has 0 spiro atoms. The molecule has 98 valence electrons. The van der Waals surface area contributed by atoms with Gasteiger partial charge in [0.1, 0.15) is 0 Å². The Balaban J connectivity index is 2.75. The molecule has 1 aromatic rings. The van der Waals surface area contributed by atoms with Crippen LogP contribution in [0, 0.1) is 0 Å². The number of amides is 1. The van der Waals surface area contributed by atoms with Crippen LogP contribution in [0.15, 0.2) is 18.2 Å². The lowest BCUT2D eigenvalue weighted by Crippen LogP contribution is -2.43. The Hall–Kier alpha value is -1.30. The van der Waals surface area contributed by atoms with Gasteiger partial charge in [0.15, 0.2) is 6.04 Å². The number of carbonyl (C=O) groups is 2. The largest absolute Gasteiger partial charge is 0.464 e. The van der Waals surface area contributed by atoms with E-state index in [0.29, 0.717) is 10.0 Å². The Kier molecular flexibility index (Phi) is 5.40. The highest BCUT2D eigenvalue weighted by atomic mass is 35.5. The first-order valence-electron chi connectivity index (χ1n) is 5.13. The normalized spacial score (nSPS) is 11.8. The number of nitrogens with two attached hydrogens (primary N) is 1. The number of hydrogen-bond acceptors (Lipinski definition) is 4. The molecule has 0 radical (unpaired) electrons. The minimum Gasteiger partial charge on any atom is -0.464 e. The SMILES string of the molecule is CCOC(=O)C(N)C(=O)Nc1cc(Cl)ccc1Cl. The van der Waals surface area contributed by atoms with Gasteiger partial charge in [0.25, 0.3) is 5.91 Å². The highest BCUT2D eigenvalue weighted by Gasteiger charge is 2.23. The second kappa shape index (κ2) is 6.58. The van der Waals surface area contributed by atoms with Gasteiger partial charge in [-0.3, -0.25) is 4.79 Å². The van der Waals surface area contributed by atoms with Crippen molar-refractivity contribution in [2.75, 3.05) is 11.9 Å². The third-order valence-corrected chi connectivity index (χ3v) is 2.57. The molecule has 1 atom stereocenters. The van der Waals surface area contributed by atoms with Crippen LogP contribution in [0.25, 0.3) is 0 Å². The summed E-state index contributed by atoms with van der Waals surface area (Å²) in [6.45, 7) is 1.77. The molecule has 0 aliphatic carbocycles. The quantitative estimate of drug-likeness (QED) is 0.655. The van der Waals surface area contributed by atoms with Crippen molar-refractivity contribution in [3.63, 3.8) is 0 Å². The molecule has 3 N–H and O–H groups in total. The Morgan fingerprint density at radius 2 is 2.11 bits per heavy atom. The maximum absolute atomic E-state index is 11.7. The van der Waals surface area contributed by atoms with Crippen molar-refractivity contribution >= 4 is 40.8 Å². The monoisotopic (exact) mass is 290 g/mol. The first-order valence-corrected chi connectivity index (χ1v) is 5.89. The van der Waals surface area contributed by atoms with Crippen LogP contribution in [0.5, 0.6) is 0 Å². The number of carbonyl (C=O) groups excluding carboxylic acids is 2. The van der Waals surface area contributed by atoms with E-state index in [1.807, 2.05) is 0 Å². The molecule has 0 aliphatic heterocycles. The van der Waals surface area contributed by atoms with Crippen LogP contribution in [0.1, 0.15) is 6.92 Å². The molecule has 0 saturated heterocycles. The predicted molar refractivity (Wildman–Crippen MR) is 69.7 cm³/mol. The topological polar surface area (TPSA) is 81.4 Å². The lowest BCUT2D eigenvalue weighted by atomic mass is 10.2. The summed E-state index contributed by atoms with van der Waals surface area (Å²) >= 11 is 11.6. The summed E-state index contributed by atoms with van der Waals surface area (Å²) in [7, 11) is 0. The molecule has 0 aliphatic rings. The number of ether oxygens (including phenoxy) is 1. The highest BCUT2D eigenvalue weighted by Crippen LogP contribution is 2.25. The number of benzene rings is 1. The molecule has 0 bridgehead atoms. The summed E-state index contributed by atoms with van der Waals surface area (Å²) in [6.07, 6.45) is 0. The van der Waals surface area contributed by atoms with Crippen molar-refractivity contribution < 1.29 is 14.3 Å². The van der Waals surface area contributed by atoms with Crippen LogP contribution in [0.2, 0.25) is 10.0 Å². The van der Waals surface area contributed by atoms with Gasteiger partial charge < -0.3 is 15.8 Å². The van der Waals surface area contributed by atoms with Crippen molar-refractivity contribution in [2.24, 2.45) is 5.73 Å². The fourth-order valence-corrected chi connectivity index (χ4v) is 1.48. The minimum atomic E-state index is -1.40. The van der Waals surface area contributed by atoms with Crippen molar-refractivity contribution in [3.8, 4) is 0 Å². The van der Waals surface area contributed by atoms with E-state index in [1.165, 1.54) is 12.1 Å². The molecule has 0 aromatic heterocycles. The zero-order chi connectivity index (χ0) is 13.7. The van der Waals surface area contributed by atoms with Gasteiger partial charge in [0.05, 0.1) is 17.3 Å². The third kappa shape index (κ3) is 3.87. The fourth-order valence-electron chi connectivity index (χ4n) is 1.14. The molecule has 1 amide bonds. The number of anilines is 1. The van der Waals surface area contributed by atoms with Gasteiger partial charge >= 0.3 is 5.97 Å². The van der Waals surface area contributed by atoms with E-state index in [9.17, 15) is 9.59 Å². The summed E-state index contributed by atoms with van der Waals surface area (Å²) in [4.78, 5) is 22.9. The number of nitrogens with one attached hydrogen (secondary N) is 1. The zero-order valence-corrected chi connectivity index (χ0v) is 11.1. The smallest absolute Gasteiger partial charge is 0.332 e. The second-order valence-electron chi connectivity index (χ2n) is 3.34. The van der Waals surface area contributed by atoms with Crippen molar-refractivity contribution in [1.82, 2.24) is 0 Å². The average Bonchev–Trinajstić information content (AvgIpc) is 2.33. The van der Waals surface area contributed by atoms with E-state index in [0.717, 1.165) is 0 Å². The van der Waals surface area contributed by atoms with Crippen LogP contribution in [0.4, 0.5) is 5.69 Å². The summed E-state index contributed by atoms with van der Waals surface area (Å²) in [5, 5.41) is 3.11. The van der Waals surface area contributed by atoms with Crippen molar-refractivity contribution in [1.29, 1.82) is 0 Å². The van der Waals surface area contributed by atoms with Crippen LogP contribution in [-0.4, -0.2) is 24.5 Å².